The van der Waals surface area contributed by atoms with Crippen molar-refractivity contribution in [1.29, 1.82) is 0 Å². The summed E-state index contributed by atoms with van der Waals surface area (Å²) in [5.74, 6) is -1.61. The lowest BCUT2D eigenvalue weighted by Crippen LogP contribution is -2.48. The van der Waals surface area contributed by atoms with E-state index in [1.165, 1.54) is 37.4 Å². The highest BCUT2D eigenvalue weighted by Gasteiger charge is 2.42. The topological polar surface area (TPSA) is 119 Å². The monoisotopic (exact) mass is 445 g/mol. The van der Waals surface area contributed by atoms with Crippen LogP contribution in [0.3, 0.4) is 0 Å². The van der Waals surface area contributed by atoms with Crippen molar-refractivity contribution in [3.8, 4) is 5.75 Å². The first-order valence-corrected chi connectivity index (χ1v) is 10.0. The summed E-state index contributed by atoms with van der Waals surface area (Å²) >= 11 is 0. The Morgan fingerprint density at radius 3 is 2.18 bits per heavy atom. The SMILES string of the molecule is COc1ccc([N+](=O)[O-])cc1NC(=O)C(Cc1ccccc1)N1C(=O)c2ccccc2C1=O. The Hall–Kier alpha value is -4.53. The number of carbonyl (C=O) groups excluding carboxylic acids is 3. The second-order valence-electron chi connectivity index (χ2n) is 7.36. The zero-order valence-electron chi connectivity index (χ0n) is 17.6. The van der Waals surface area contributed by atoms with Crippen LogP contribution >= 0.6 is 0 Å². The quantitative estimate of drug-likeness (QED) is 0.338. The van der Waals surface area contributed by atoms with E-state index in [-0.39, 0.29) is 34.7 Å². The fourth-order valence-electron chi connectivity index (χ4n) is 3.75. The van der Waals surface area contributed by atoms with Crippen molar-refractivity contribution in [2.75, 3.05) is 12.4 Å². The Balaban J connectivity index is 1.71. The van der Waals surface area contributed by atoms with Gasteiger partial charge >= 0.3 is 0 Å². The van der Waals surface area contributed by atoms with E-state index in [9.17, 15) is 24.5 Å². The van der Waals surface area contributed by atoms with Crippen LogP contribution in [-0.4, -0.2) is 40.7 Å². The molecular formula is C24H19N3O6. The van der Waals surface area contributed by atoms with Gasteiger partial charge in [0.15, 0.2) is 0 Å². The summed E-state index contributed by atoms with van der Waals surface area (Å²) in [4.78, 5) is 51.1. The molecule has 9 nitrogen and oxygen atoms in total. The van der Waals surface area contributed by atoms with Gasteiger partial charge in [0.1, 0.15) is 11.8 Å². The minimum Gasteiger partial charge on any atom is -0.495 e. The number of nitro benzene ring substituents is 1. The third-order valence-electron chi connectivity index (χ3n) is 5.36. The second kappa shape index (κ2) is 8.91. The molecule has 0 saturated heterocycles. The van der Waals surface area contributed by atoms with Crippen LogP contribution in [0.5, 0.6) is 5.75 Å². The van der Waals surface area contributed by atoms with Gasteiger partial charge in [0.2, 0.25) is 5.91 Å². The van der Waals surface area contributed by atoms with E-state index in [0.717, 1.165) is 10.5 Å². The van der Waals surface area contributed by atoms with Gasteiger partial charge in [-0.3, -0.25) is 29.4 Å². The molecule has 1 atom stereocenters. The molecule has 0 radical (unpaired) electrons. The van der Waals surface area contributed by atoms with Crippen molar-refractivity contribution in [3.63, 3.8) is 0 Å². The number of hydrogen-bond donors (Lipinski definition) is 1. The summed E-state index contributed by atoms with van der Waals surface area (Å²) < 4.78 is 5.21. The molecule has 0 saturated carbocycles. The molecule has 9 heteroatoms. The maximum absolute atomic E-state index is 13.4. The summed E-state index contributed by atoms with van der Waals surface area (Å²) in [7, 11) is 1.36. The van der Waals surface area contributed by atoms with Crippen LogP contribution in [0.4, 0.5) is 11.4 Å². The third kappa shape index (κ3) is 4.16. The lowest BCUT2D eigenvalue weighted by molar-refractivity contribution is -0.384. The summed E-state index contributed by atoms with van der Waals surface area (Å²) in [6, 6.07) is 17.9. The molecule has 0 spiro atoms. The van der Waals surface area contributed by atoms with Gasteiger partial charge in [0.05, 0.1) is 28.8 Å². The van der Waals surface area contributed by atoms with E-state index in [0.29, 0.717) is 0 Å². The Morgan fingerprint density at radius 2 is 1.61 bits per heavy atom. The van der Waals surface area contributed by atoms with Gasteiger partial charge in [0, 0.05) is 18.6 Å². The molecule has 1 unspecified atom stereocenters. The van der Waals surface area contributed by atoms with Crippen molar-refractivity contribution in [2.45, 2.75) is 12.5 Å². The molecule has 1 heterocycles. The number of fused-ring (bicyclic) bond motifs is 1. The van der Waals surface area contributed by atoms with Crippen molar-refractivity contribution in [1.82, 2.24) is 4.90 Å². The third-order valence-corrected chi connectivity index (χ3v) is 5.36. The van der Waals surface area contributed by atoms with Gasteiger partial charge in [-0.15, -0.1) is 0 Å². The number of imide groups is 1. The molecule has 166 valence electrons. The summed E-state index contributed by atoms with van der Waals surface area (Å²) in [6.45, 7) is 0. The number of benzene rings is 3. The highest BCUT2D eigenvalue weighted by Crippen LogP contribution is 2.31. The number of methoxy groups -OCH3 is 1. The molecule has 1 aliphatic rings. The summed E-state index contributed by atoms with van der Waals surface area (Å²) in [6.07, 6.45) is 0.0649. The Bertz CT molecular complexity index is 1220. The molecule has 33 heavy (non-hydrogen) atoms. The number of nitrogens with one attached hydrogen (secondary N) is 1. The molecular weight excluding hydrogens is 426 g/mol. The first-order valence-electron chi connectivity index (χ1n) is 10.0. The largest absolute Gasteiger partial charge is 0.495 e. The van der Waals surface area contributed by atoms with Crippen molar-refractivity contribution >= 4 is 29.1 Å². The second-order valence-corrected chi connectivity index (χ2v) is 7.36. The van der Waals surface area contributed by atoms with Crippen LogP contribution in [0.2, 0.25) is 0 Å². The van der Waals surface area contributed by atoms with E-state index in [2.05, 4.69) is 5.32 Å². The number of anilines is 1. The van der Waals surface area contributed by atoms with Crippen LogP contribution in [0.25, 0.3) is 0 Å². The predicted molar refractivity (Wildman–Crippen MR) is 119 cm³/mol. The molecule has 0 bridgehead atoms. The lowest BCUT2D eigenvalue weighted by Gasteiger charge is -2.26. The molecule has 0 aliphatic carbocycles. The first kappa shape index (κ1) is 21.7. The van der Waals surface area contributed by atoms with Crippen LogP contribution in [-0.2, 0) is 11.2 Å². The average Bonchev–Trinajstić information content (AvgIpc) is 3.08. The number of nitro groups is 1. The maximum Gasteiger partial charge on any atom is 0.271 e. The number of ether oxygens (including phenoxy) is 1. The number of amides is 3. The normalized spacial score (nSPS) is 13.4. The highest BCUT2D eigenvalue weighted by molar-refractivity contribution is 6.23. The van der Waals surface area contributed by atoms with Gasteiger partial charge < -0.3 is 10.1 Å². The van der Waals surface area contributed by atoms with Crippen LogP contribution in [0, 0.1) is 10.1 Å². The summed E-state index contributed by atoms with van der Waals surface area (Å²) in [5, 5.41) is 13.8. The number of carbonyl (C=O) groups is 3. The first-order chi connectivity index (χ1) is 15.9. The number of nitrogens with zero attached hydrogens (tertiary/aromatic N) is 2. The van der Waals surface area contributed by atoms with Crippen molar-refractivity contribution < 1.29 is 24.0 Å². The Labute approximate surface area is 188 Å². The van der Waals surface area contributed by atoms with Gasteiger partial charge in [-0.05, 0) is 23.8 Å². The lowest BCUT2D eigenvalue weighted by atomic mass is 10.0. The molecule has 3 aromatic rings. The van der Waals surface area contributed by atoms with Crippen molar-refractivity contribution in [2.24, 2.45) is 0 Å². The van der Waals surface area contributed by atoms with E-state index in [4.69, 9.17) is 4.74 Å². The fourth-order valence-corrected chi connectivity index (χ4v) is 3.75. The number of hydrogen-bond acceptors (Lipinski definition) is 6. The maximum atomic E-state index is 13.4. The molecule has 3 aromatic carbocycles. The zero-order valence-corrected chi connectivity index (χ0v) is 17.6. The van der Waals surface area contributed by atoms with Gasteiger partial charge in [-0.25, -0.2) is 0 Å². The average molecular weight is 445 g/mol. The standard InChI is InChI=1S/C24H19N3O6/c1-33-21-12-11-16(27(31)32)14-19(21)25-22(28)20(13-15-7-3-2-4-8-15)26-23(29)17-9-5-6-10-18(17)24(26)30/h2-12,14,20H,13H2,1H3,(H,25,28). The Morgan fingerprint density at radius 1 is 1.00 bits per heavy atom. The fraction of sp³-hybridized carbons (Fsp3) is 0.125. The smallest absolute Gasteiger partial charge is 0.271 e. The number of non-ortho nitro benzene ring substituents is 1. The molecule has 4 rings (SSSR count). The van der Waals surface area contributed by atoms with Gasteiger partial charge in [0.25, 0.3) is 17.5 Å². The minimum absolute atomic E-state index is 0.0615. The van der Waals surface area contributed by atoms with Gasteiger partial charge in [-0.1, -0.05) is 42.5 Å². The molecule has 3 amide bonds. The summed E-state index contributed by atoms with van der Waals surface area (Å²) in [5.41, 5.74) is 1.00. The van der Waals surface area contributed by atoms with Crippen LogP contribution < -0.4 is 10.1 Å². The number of rotatable bonds is 7. The van der Waals surface area contributed by atoms with Gasteiger partial charge in [-0.2, -0.15) is 0 Å². The predicted octanol–water partition coefficient (Wildman–Crippen LogP) is 3.45. The molecule has 0 aromatic heterocycles. The van der Waals surface area contributed by atoms with Crippen LogP contribution in [0.1, 0.15) is 26.3 Å². The molecule has 1 N–H and O–H groups in total. The van der Waals surface area contributed by atoms with E-state index in [1.54, 1.807) is 36.4 Å². The van der Waals surface area contributed by atoms with Crippen molar-refractivity contribution in [3.05, 3.63) is 99.6 Å². The zero-order chi connectivity index (χ0) is 23.5. The van der Waals surface area contributed by atoms with E-state index >= 15 is 0 Å². The molecule has 0 fully saturated rings. The molecule has 1 aliphatic heterocycles. The Kier molecular flexibility index (Phi) is 5.86. The van der Waals surface area contributed by atoms with Crippen LogP contribution in [0.15, 0.2) is 72.8 Å². The minimum atomic E-state index is -1.19. The van der Waals surface area contributed by atoms with E-state index < -0.39 is 28.7 Å². The highest BCUT2D eigenvalue weighted by atomic mass is 16.6. The van der Waals surface area contributed by atoms with E-state index in [1.807, 2.05) is 6.07 Å².